The quantitative estimate of drug-likeness (QED) is 0.465. The molecule has 0 saturated carbocycles. The summed E-state index contributed by atoms with van der Waals surface area (Å²) >= 11 is 0. The van der Waals surface area contributed by atoms with Gasteiger partial charge in [-0.15, -0.1) is 0 Å². The van der Waals surface area contributed by atoms with Gasteiger partial charge in [0.1, 0.15) is 0 Å². The van der Waals surface area contributed by atoms with Crippen LogP contribution >= 0.6 is 0 Å². The lowest BCUT2D eigenvalue weighted by Gasteiger charge is -2.18. The second-order valence-electron chi connectivity index (χ2n) is 7.16. The molecule has 3 N–H and O–H groups in total. The fourth-order valence-electron chi connectivity index (χ4n) is 3.01. The summed E-state index contributed by atoms with van der Waals surface area (Å²) in [6.07, 6.45) is 1.33. The van der Waals surface area contributed by atoms with Gasteiger partial charge in [-0.05, 0) is 37.1 Å². The minimum Gasteiger partial charge on any atom is -0.466 e. The van der Waals surface area contributed by atoms with Crippen molar-refractivity contribution in [1.29, 1.82) is 0 Å². The molecule has 0 spiro atoms. The molecule has 9 nitrogen and oxygen atoms in total. The Kier molecular flexibility index (Phi) is 8.77. The molecule has 2 aromatic rings. The number of hydrogen-bond acceptors (Lipinski definition) is 6. The molecule has 0 bridgehead atoms. The Balaban J connectivity index is 2.25. The summed E-state index contributed by atoms with van der Waals surface area (Å²) in [4.78, 5) is 36.7. The van der Waals surface area contributed by atoms with Gasteiger partial charge >= 0.3 is 5.97 Å². The van der Waals surface area contributed by atoms with Crippen LogP contribution < -0.4 is 15.4 Å². The predicted molar refractivity (Wildman–Crippen MR) is 122 cm³/mol. The van der Waals surface area contributed by atoms with Crippen LogP contribution in [0.4, 0.5) is 11.4 Å². The van der Waals surface area contributed by atoms with Crippen molar-refractivity contribution in [3.63, 3.8) is 0 Å². The van der Waals surface area contributed by atoms with Gasteiger partial charge in [-0.1, -0.05) is 30.3 Å². The first kappa shape index (κ1) is 24.9. The largest absolute Gasteiger partial charge is 0.466 e. The third kappa shape index (κ3) is 8.03. The Bertz CT molecular complexity index is 1070. The van der Waals surface area contributed by atoms with Crippen LogP contribution in [0.2, 0.25) is 0 Å². The molecular formula is C22H27N3O6S. The summed E-state index contributed by atoms with van der Waals surface area (Å²) in [7, 11) is -3.65. The number of esters is 1. The molecule has 1 unspecified atom stereocenters. The smallest absolute Gasteiger partial charge is 0.311 e. The van der Waals surface area contributed by atoms with Crippen molar-refractivity contribution in [3.8, 4) is 0 Å². The van der Waals surface area contributed by atoms with Crippen LogP contribution in [0.15, 0.2) is 48.5 Å². The van der Waals surface area contributed by atoms with E-state index in [9.17, 15) is 22.8 Å². The monoisotopic (exact) mass is 461 g/mol. The van der Waals surface area contributed by atoms with Gasteiger partial charge < -0.3 is 15.4 Å². The van der Waals surface area contributed by atoms with Gasteiger partial charge in [-0.25, -0.2) is 8.42 Å². The molecule has 0 aromatic heterocycles. The van der Waals surface area contributed by atoms with Crippen molar-refractivity contribution in [2.24, 2.45) is 5.92 Å². The highest BCUT2D eigenvalue weighted by Gasteiger charge is 2.23. The average molecular weight is 462 g/mol. The fraction of sp³-hybridized carbons (Fsp3) is 0.318. The van der Waals surface area contributed by atoms with Gasteiger partial charge in [0.15, 0.2) is 0 Å². The van der Waals surface area contributed by atoms with Crippen LogP contribution in [-0.4, -0.2) is 45.6 Å². The van der Waals surface area contributed by atoms with E-state index in [2.05, 4.69) is 15.4 Å². The zero-order valence-electron chi connectivity index (χ0n) is 18.2. The number of carbonyl (C=O) groups excluding carboxylic acids is 3. The summed E-state index contributed by atoms with van der Waals surface area (Å²) in [5, 5.41) is 5.23. The van der Waals surface area contributed by atoms with Gasteiger partial charge in [0.25, 0.3) is 5.91 Å². The predicted octanol–water partition coefficient (Wildman–Crippen LogP) is 2.17. The van der Waals surface area contributed by atoms with Crippen molar-refractivity contribution >= 4 is 39.2 Å². The number of amides is 2. The molecule has 0 radical (unpaired) electrons. The van der Waals surface area contributed by atoms with Crippen LogP contribution in [-0.2, 0) is 30.8 Å². The van der Waals surface area contributed by atoms with Crippen LogP contribution in [0.5, 0.6) is 0 Å². The normalized spacial score (nSPS) is 11.8. The van der Waals surface area contributed by atoms with E-state index in [1.165, 1.54) is 25.1 Å². The summed E-state index contributed by atoms with van der Waals surface area (Å²) in [6, 6.07) is 13.5. The molecule has 1 atom stereocenters. The maximum absolute atomic E-state index is 12.9. The molecule has 0 saturated heterocycles. The second-order valence-corrected chi connectivity index (χ2v) is 8.91. The molecule has 0 aliphatic carbocycles. The van der Waals surface area contributed by atoms with Gasteiger partial charge in [0.05, 0.1) is 30.0 Å². The van der Waals surface area contributed by atoms with E-state index < -0.39 is 27.8 Å². The Morgan fingerprint density at radius 2 is 1.75 bits per heavy atom. The number of carbonyl (C=O) groups is 3. The van der Waals surface area contributed by atoms with E-state index in [0.29, 0.717) is 12.1 Å². The first-order chi connectivity index (χ1) is 15.1. The number of benzene rings is 2. The lowest BCUT2D eigenvalue weighted by Crippen LogP contribution is -2.35. The van der Waals surface area contributed by atoms with E-state index in [1.807, 2.05) is 30.3 Å². The Labute approximate surface area is 187 Å². The maximum Gasteiger partial charge on any atom is 0.311 e. The second kappa shape index (κ2) is 11.3. The molecule has 0 heterocycles. The molecule has 2 rings (SSSR count). The molecule has 172 valence electrons. The van der Waals surface area contributed by atoms with Crippen molar-refractivity contribution in [3.05, 3.63) is 59.7 Å². The molecule has 10 heteroatoms. The van der Waals surface area contributed by atoms with E-state index in [1.54, 1.807) is 6.92 Å². The Hall–Kier alpha value is -3.40. The molecule has 0 aliphatic rings. The topological polar surface area (TPSA) is 131 Å². The first-order valence-electron chi connectivity index (χ1n) is 9.97. The average Bonchev–Trinajstić information content (AvgIpc) is 2.71. The summed E-state index contributed by atoms with van der Waals surface area (Å²) in [5.41, 5.74) is 1.29. The van der Waals surface area contributed by atoms with Crippen LogP contribution in [0, 0.1) is 5.92 Å². The zero-order chi connectivity index (χ0) is 23.7. The van der Waals surface area contributed by atoms with Gasteiger partial charge in [0, 0.05) is 19.2 Å². The van der Waals surface area contributed by atoms with Crippen LogP contribution in [0.3, 0.4) is 0 Å². The number of nitrogens with one attached hydrogen (secondary N) is 3. The molecule has 0 aliphatic heterocycles. The Morgan fingerprint density at radius 3 is 2.34 bits per heavy atom. The number of hydrogen-bond donors (Lipinski definition) is 3. The summed E-state index contributed by atoms with van der Waals surface area (Å²) in [6.45, 7) is 3.21. The zero-order valence-corrected chi connectivity index (χ0v) is 19.0. The molecular weight excluding hydrogens is 434 g/mol. The standard InChI is InChI=1S/C22H27N3O6S/c1-4-31-22(28)17(12-16-8-6-5-7-9-16)14-23-21(27)19-13-18(24-15(2)26)10-11-20(19)25-32(3,29)30/h5-11,13,17,25H,4,12,14H2,1-3H3,(H,23,27)(H,24,26). The minimum absolute atomic E-state index is 0.00370. The number of rotatable bonds is 10. The maximum atomic E-state index is 12.9. The van der Waals surface area contributed by atoms with Gasteiger partial charge in [-0.2, -0.15) is 0 Å². The van der Waals surface area contributed by atoms with Gasteiger partial charge in [-0.3, -0.25) is 19.1 Å². The molecule has 0 fully saturated rings. The highest BCUT2D eigenvalue weighted by molar-refractivity contribution is 7.92. The molecule has 2 aromatic carbocycles. The lowest BCUT2D eigenvalue weighted by atomic mass is 9.99. The van der Waals surface area contributed by atoms with Crippen molar-refractivity contribution < 1.29 is 27.5 Å². The minimum atomic E-state index is -3.65. The Morgan fingerprint density at radius 1 is 1.06 bits per heavy atom. The van der Waals surface area contributed by atoms with Crippen molar-refractivity contribution in [1.82, 2.24) is 5.32 Å². The van der Waals surface area contributed by atoms with Crippen LogP contribution in [0.1, 0.15) is 29.8 Å². The summed E-state index contributed by atoms with van der Waals surface area (Å²) in [5.74, 6) is -2.03. The van der Waals surface area contributed by atoms with Crippen molar-refractivity contribution in [2.45, 2.75) is 20.3 Å². The SMILES string of the molecule is CCOC(=O)C(CNC(=O)c1cc(NC(C)=O)ccc1NS(C)(=O)=O)Cc1ccccc1. The number of sulfonamides is 1. The first-order valence-corrected chi connectivity index (χ1v) is 11.9. The van der Waals surface area contributed by atoms with Crippen molar-refractivity contribution in [2.75, 3.05) is 29.4 Å². The third-order valence-electron chi connectivity index (χ3n) is 4.33. The molecule has 2 amide bonds. The summed E-state index contributed by atoms with van der Waals surface area (Å²) < 4.78 is 30.8. The fourth-order valence-corrected chi connectivity index (χ4v) is 3.59. The third-order valence-corrected chi connectivity index (χ3v) is 4.92. The van der Waals surface area contributed by atoms with Crippen LogP contribution in [0.25, 0.3) is 0 Å². The van der Waals surface area contributed by atoms with E-state index in [-0.39, 0.29) is 30.3 Å². The molecule has 32 heavy (non-hydrogen) atoms. The van der Waals surface area contributed by atoms with E-state index in [0.717, 1.165) is 11.8 Å². The number of anilines is 2. The lowest BCUT2D eigenvalue weighted by molar-refractivity contribution is -0.147. The number of ether oxygens (including phenoxy) is 1. The highest BCUT2D eigenvalue weighted by Crippen LogP contribution is 2.22. The van der Waals surface area contributed by atoms with E-state index in [4.69, 9.17) is 4.74 Å². The van der Waals surface area contributed by atoms with E-state index >= 15 is 0 Å². The highest BCUT2D eigenvalue weighted by atomic mass is 32.2. The van der Waals surface area contributed by atoms with Gasteiger partial charge in [0.2, 0.25) is 15.9 Å².